The van der Waals surface area contributed by atoms with Crippen molar-refractivity contribution in [3.05, 3.63) is 29.8 Å². The van der Waals surface area contributed by atoms with E-state index in [1.165, 1.54) is 19.2 Å². The van der Waals surface area contributed by atoms with Crippen molar-refractivity contribution in [2.45, 2.75) is 37.8 Å². The van der Waals surface area contributed by atoms with E-state index in [4.69, 9.17) is 4.74 Å². The third-order valence-corrected chi connectivity index (χ3v) is 4.60. The van der Waals surface area contributed by atoms with Gasteiger partial charge in [0.15, 0.2) is 0 Å². The minimum Gasteiger partial charge on any atom is -0.389 e. The quantitative estimate of drug-likeness (QED) is 0.803. The summed E-state index contributed by atoms with van der Waals surface area (Å²) in [6, 6.07) is 6.02. The molecule has 0 aliphatic carbocycles. The molecule has 0 radical (unpaired) electrons. The molecule has 20 heavy (non-hydrogen) atoms. The smallest absolute Gasteiger partial charge is 0.240 e. The molecule has 0 spiro atoms. The highest BCUT2D eigenvalue weighted by molar-refractivity contribution is 7.89. The van der Waals surface area contributed by atoms with Crippen molar-refractivity contribution in [3.63, 3.8) is 0 Å². The Hall–Kier alpha value is -0.950. The predicted octanol–water partition coefficient (Wildman–Crippen LogP) is 1.69. The first-order chi connectivity index (χ1) is 9.27. The van der Waals surface area contributed by atoms with Crippen LogP contribution in [0.3, 0.4) is 0 Å². The van der Waals surface area contributed by atoms with Crippen molar-refractivity contribution in [2.24, 2.45) is 5.92 Å². The van der Waals surface area contributed by atoms with Gasteiger partial charge in [-0.25, -0.2) is 13.1 Å². The van der Waals surface area contributed by atoms with E-state index in [0.717, 1.165) is 0 Å². The highest BCUT2D eigenvalue weighted by Crippen LogP contribution is 2.18. The maximum Gasteiger partial charge on any atom is 0.240 e. The van der Waals surface area contributed by atoms with E-state index in [0.29, 0.717) is 12.2 Å². The molecule has 0 fully saturated rings. The monoisotopic (exact) mass is 301 g/mol. The van der Waals surface area contributed by atoms with Gasteiger partial charge in [0.2, 0.25) is 10.0 Å². The highest BCUT2D eigenvalue weighted by atomic mass is 32.2. The van der Waals surface area contributed by atoms with Crippen LogP contribution in [0, 0.1) is 5.92 Å². The van der Waals surface area contributed by atoms with Gasteiger partial charge in [-0.3, -0.25) is 0 Å². The van der Waals surface area contributed by atoms with E-state index < -0.39 is 16.1 Å². The average molecular weight is 301 g/mol. The molecule has 0 saturated carbocycles. The lowest BCUT2D eigenvalue weighted by Gasteiger charge is -2.21. The zero-order valence-electron chi connectivity index (χ0n) is 12.3. The lowest BCUT2D eigenvalue weighted by atomic mass is 10.1. The van der Waals surface area contributed by atoms with Crippen molar-refractivity contribution >= 4 is 10.0 Å². The van der Waals surface area contributed by atoms with Crippen LogP contribution in [-0.2, 0) is 14.8 Å². The molecule has 0 heterocycles. The van der Waals surface area contributed by atoms with Gasteiger partial charge >= 0.3 is 0 Å². The van der Waals surface area contributed by atoms with E-state index in [9.17, 15) is 13.5 Å². The number of aliphatic hydroxyl groups excluding tert-OH is 1. The van der Waals surface area contributed by atoms with Gasteiger partial charge in [-0.1, -0.05) is 26.0 Å². The summed E-state index contributed by atoms with van der Waals surface area (Å²) in [4.78, 5) is 0.151. The summed E-state index contributed by atoms with van der Waals surface area (Å²) >= 11 is 0. The van der Waals surface area contributed by atoms with Crippen LogP contribution >= 0.6 is 0 Å². The normalized spacial score (nSPS) is 15.3. The van der Waals surface area contributed by atoms with Crippen LogP contribution in [0.4, 0.5) is 0 Å². The average Bonchev–Trinajstić information content (AvgIpc) is 2.38. The van der Waals surface area contributed by atoms with Crippen LogP contribution in [0.1, 0.15) is 32.4 Å². The molecule has 0 bridgehead atoms. The van der Waals surface area contributed by atoms with E-state index >= 15 is 0 Å². The number of aliphatic hydroxyl groups is 1. The maximum atomic E-state index is 12.3. The number of sulfonamides is 1. The Morgan fingerprint density at radius 3 is 2.45 bits per heavy atom. The lowest BCUT2D eigenvalue weighted by Crippen LogP contribution is -2.41. The lowest BCUT2D eigenvalue weighted by molar-refractivity contribution is 0.157. The molecular weight excluding hydrogens is 278 g/mol. The van der Waals surface area contributed by atoms with Gasteiger partial charge in [-0.2, -0.15) is 0 Å². The summed E-state index contributed by atoms with van der Waals surface area (Å²) in [5.74, 6) is 0.115. The summed E-state index contributed by atoms with van der Waals surface area (Å²) in [6.45, 7) is 5.77. The van der Waals surface area contributed by atoms with Crippen molar-refractivity contribution in [2.75, 3.05) is 13.7 Å². The van der Waals surface area contributed by atoms with Crippen LogP contribution < -0.4 is 4.72 Å². The zero-order chi connectivity index (χ0) is 15.3. The molecule has 1 rings (SSSR count). The molecular formula is C14H23NO4S. The number of methoxy groups -OCH3 is 1. The highest BCUT2D eigenvalue weighted by Gasteiger charge is 2.22. The SMILES string of the molecule is COCC(NS(=O)(=O)c1cccc(C(C)O)c1)C(C)C. The predicted molar refractivity (Wildman–Crippen MR) is 77.9 cm³/mol. The van der Waals surface area contributed by atoms with Crippen LogP contribution in [0.15, 0.2) is 29.2 Å². The number of ether oxygens (including phenoxy) is 1. The topological polar surface area (TPSA) is 75.6 Å². The standard InChI is InChI=1S/C14H23NO4S/c1-10(2)14(9-19-4)15-20(17,18)13-7-5-6-12(8-13)11(3)16/h5-8,10-11,14-16H,9H2,1-4H3. The third-order valence-electron chi connectivity index (χ3n) is 3.11. The minimum atomic E-state index is -3.62. The molecule has 0 aliphatic heterocycles. The van der Waals surface area contributed by atoms with Gasteiger partial charge in [0.05, 0.1) is 17.6 Å². The Bertz CT molecular complexity index is 526. The molecule has 114 valence electrons. The maximum absolute atomic E-state index is 12.3. The van der Waals surface area contributed by atoms with E-state index in [1.807, 2.05) is 13.8 Å². The van der Waals surface area contributed by atoms with E-state index in [1.54, 1.807) is 19.1 Å². The minimum absolute atomic E-state index is 0.115. The van der Waals surface area contributed by atoms with Gasteiger partial charge < -0.3 is 9.84 Å². The van der Waals surface area contributed by atoms with Gasteiger partial charge in [0.25, 0.3) is 0 Å². The van der Waals surface area contributed by atoms with Crippen LogP contribution in [0.2, 0.25) is 0 Å². The Labute approximate surface area is 121 Å². The molecule has 1 aromatic carbocycles. The number of rotatable bonds is 7. The fourth-order valence-corrected chi connectivity index (χ4v) is 3.17. The summed E-state index contributed by atoms with van der Waals surface area (Å²) in [6.07, 6.45) is -0.704. The molecule has 1 aromatic rings. The number of hydrogen-bond donors (Lipinski definition) is 2. The Morgan fingerprint density at radius 1 is 1.30 bits per heavy atom. The van der Waals surface area contributed by atoms with Crippen molar-refractivity contribution in [1.29, 1.82) is 0 Å². The van der Waals surface area contributed by atoms with Gasteiger partial charge in [0, 0.05) is 13.2 Å². The van der Waals surface area contributed by atoms with E-state index in [-0.39, 0.29) is 16.9 Å². The van der Waals surface area contributed by atoms with E-state index in [2.05, 4.69) is 4.72 Å². The first-order valence-corrected chi connectivity index (χ1v) is 8.05. The number of nitrogens with one attached hydrogen (secondary N) is 1. The van der Waals surface area contributed by atoms with Crippen LogP contribution in [0.25, 0.3) is 0 Å². The molecule has 6 heteroatoms. The van der Waals surface area contributed by atoms with Crippen LogP contribution in [0.5, 0.6) is 0 Å². The molecule has 2 unspecified atom stereocenters. The van der Waals surface area contributed by atoms with Crippen molar-refractivity contribution < 1.29 is 18.3 Å². The molecule has 0 aromatic heterocycles. The Balaban J connectivity index is 3.01. The van der Waals surface area contributed by atoms with Gasteiger partial charge in [-0.15, -0.1) is 0 Å². The van der Waals surface area contributed by atoms with Gasteiger partial charge in [-0.05, 0) is 30.5 Å². The Morgan fingerprint density at radius 2 is 1.95 bits per heavy atom. The molecule has 5 nitrogen and oxygen atoms in total. The number of hydrogen-bond acceptors (Lipinski definition) is 4. The Kier molecular flexibility index (Phi) is 6.13. The fourth-order valence-electron chi connectivity index (χ4n) is 1.75. The zero-order valence-corrected chi connectivity index (χ0v) is 13.1. The molecule has 0 saturated heterocycles. The summed E-state index contributed by atoms with van der Waals surface area (Å²) < 4.78 is 32.4. The summed E-state index contributed by atoms with van der Waals surface area (Å²) in [5.41, 5.74) is 0.570. The van der Waals surface area contributed by atoms with Crippen molar-refractivity contribution in [1.82, 2.24) is 4.72 Å². The summed E-state index contributed by atoms with van der Waals surface area (Å²) in [5, 5.41) is 9.53. The molecule has 2 N–H and O–H groups in total. The molecule has 2 atom stereocenters. The first kappa shape index (κ1) is 17.1. The fraction of sp³-hybridized carbons (Fsp3) is 0.571. The van der Waals surface area contributed by atoms with Crippen molar-refractivity contribution in [3.8, 4) is 0 Å². The summed E-state index contributed by atoms with van der Waals surface area (Å²) in [7, 11) is -2.08. The third kappa shape index (κ3) is 4.56. The second-order valence-electron chi connectivity index (χ2n) is 5.18. The van der Waals surface area contributed by atoms with Gasteiger partial charge in [0.1, 0.15) is 0 Å². The second kappa shape index (κ2) is 7.17. The first-order valence-electron chi connectivity index (χ1n) is 6.57. The van der Waals surface area contributed by atoms with Crippen LogP contribution in [-0.4, -0.2) is 33.3 Å². The second-order valence-corrected chi connectivity index (χ2v) is 6.89. The number of benzene rings is 1. The molecule has 0 amide bonds. The largest absolute Gasteiger partial charge is 0.389 e. The molecule has 0 aliphatic rings.